The maximum Gasteiger partial charge on any atom is 0.0494 e. The highest BCUT2D eigenvalue weighted by atomic mass is 32.1. The summed E-state index contributed by atoms with van der Waals surface area (Å²) in [7, 11) is 0. The van der Waals surface area contributed by atoms with Gasteiger partial charge >= 0.3 is 0 Å². The second-order valence-corrected chi connectivity index (χ2v) is 4.46. The summed E-state index contributed by atoms with van der Waals surface area (Å²) in [5.41, 5.74) is 0. The van der Waals surface area contributed by atoms with Crippen molar-refractivity contribution < 1.29 is 4.74 Å². The van der Waals surface area contributed by atoms with Crippen LogP contribution in [0.15, 0.2) is 0 Å². The third kappa shape index (κ3) is 5.58. The molecule has 1 aliphatic carbocycles. The molecule has 13 heavy (non-hydrogen) atoms. The topological polar surface area (TPSA) is 9.23 Å². The Bertz CT molecular complexity index is 111. The van der Waals surface area contributed by atoms with E-state index in [-0.39, 0.29) is 0 Å². The van der Waals surface area contributed by atoms with Gasteiger partial charge in [0, 0.05) is 13.2 Å². The van der Waals surface area contributed by atoms with Crippen LogP contribution in [0.25, 0.3) is 0 Å². The smallest absolute Gasteiger partial charge is 0.0494 e. The molecule has 1 saturated carbocycles. The second-order valence-electron chi connectivity index (χ2n) is 4.01. The van der Waals surface area contributed by atoms with E-state index in [4.69, 9.17) is 4.74 Å². The third-order valence-electron chi connectivity index (χ3n) is 2.78. The van der Waals surface area contributed by atoms with Gasteiger partial charge in [0.15, 0.2) is 0 Å². The van der Waals surface area contributed by atoms with E-state index < -0.39 is 0 Å². The fraction of sp³-hybridized carbons (Fsp3) is 1.00. The minimum absolute atomic E-state index is 0.866. The Kier molecular flexibility index (Phi) is 6.73. The van der Waals surface area contributed by atoms with Gasteiger partial charge in [-0.15, -0.1) is 0 Å². The molecule has 1 fully saturated rings. The van der Waals surface area contributed by atoms with Gasteiger partial charge in [-0.2, -0.15) is 12.6 Å². The second kappa shape index (κ2) is 7.69. The molecule has 0 radical (unpaired) electrons. The van der Waals surface area contributed by atoms with E-state index in [1.54, 1.807) is 0 Å². The molecule has 0 spiro atoms. The number of rotatable bonds is 6. The number of thiol groups is 1. The molecule has 2 heteroatoms. The lowest BCUT2D eigenvalue weighted by Crippen LogP contribution is -2.13. The molecule has 0 N–H and O–H groups in total. The molecule has 1 rings (SSSR count). The van der Waals surface area contributed by atoms with Gasteiger partial charge in [0.2, 0.25) is 0 Å². The van der Waals surface area contributed by atoms with E-state index in [0.717, 1.165) is 24.9 Å². The summed E-state index contributed by atoms with van der Waals surface area (Å²) in [6.07, 6.45) is 9.44. The molecule has 0 aromatic rings. The Labute approximate surface area is 87.7 Å². The minimum atomic E-state index is 0.866. The number of unbranched alkanes of at least 4 members (excludes halogenated alkanes) is 1. The van der Waals surface area contributed by atoms with Crippen LogP contribution in [0.3, 0.4) is 0 Å². The van der Waals surface area contributed by atoms with Gasteiger partial charge in [-0.25, -0.2) is 0 Å². The van der Waals surface area contributed by atoms with Crippen LogP contribution in [0.4, 0.5) is 0 Å². The van der Waals surface area contributed by atoms with Gasteiger partial charge < -0.3 is 4.74 Å². The standard InChI is InChI=1S/C11H22OS/c13-9-5-4-8-12-10-11-6-2-1-3-7-11/h11,13H,1-10H2. The zero-order valence-electron chi connectivity index (χ0n) is 8.50. The molecular weight excluding hydrogens is 180 g/mol. The predicted octanol–water partition coefficient (Wildman–Crippen LogP) is 3.29. The third-order valence-corrected chi connectivity index (χ3v) is 3.09. The molecule has 0 aromatic heterocycles. The largest absolute Gasteiger partial charge is 0.381 e. The molecule has 0 bridgehead atoms. The molecular formula is C11H22OS. The van der Waals surface area contributed by atoms with Crippen molar-refractivity contribution in [1.29, 1.82) is 0 Å². The molecule has 0 unspecified atom stereocenters. The van der Waals surface area contributed by atoms with Crippen LogP contribution in [-0.2, 0) is 4.74 Å². The van der Waals surface area contributed by atoms with Crippen molar-refractivity contribution in [1.82, 2.24) is 0 Å². The van der Waals surface area contributed by atoms with Crippen LogP contribution < -0.4 is 0 Å². The highest BCUT2D eigenvalue weighted by Crippen LogP contribution is 2.23. The first-order valence-electron chi connectivity index (χ1n) is 5.62. The van der Waals surface area contributed by atoms with Crippen molar-refractivity contribution in [2.45, 2.75) is 44.9 Å². The van der Waals surface area contributed by atoms with Crippen molar-refractivity contribution in [3.63, 3.8) is 0 Å². The van der Waals surface area contributed by atoms with E-state index in [0.29, 0.717) is 0 Å². The van der Waals surface area contributed by atoms with Gasteiger partial charge in [-0.05, 0) is 37.4 Å². The summed E-state index contributed by atoms with van der Waals surface area (Å²) < 4.78 is 5.64. The first kappa shape index (κ1) is 11.4. The monoisotopic (exact) mass is 202 g/mol. The maximum absolute atomic E-state index is 5.64. The van der Waals surface area contributed by atoms with Gasteiger partial charge in [0.1, 0.15) is 0 Å². The summed E-state index contributed by atoms with van der Waals surface area (Å²) in [6.45, 7) is 1.95. The van der Waals surface area contributed by atoms with Gasteiger partial charge in [-0.3, -0.25) is 0 Å². The molecule has 0 heterocycles. The zero-order chi connectivity index (χ0) is 9.36. The molecule has 1 nitrogen and oxygen atoms in total. The van der Waals surface area contributed by atoms with E-state index >= 15 is 0 Å². The number of hydrogen-bond donors (Lipinski definition) is 1. The first-order chi connectivity index (χ1) is 6.43. The summed E-state index contributed by atoms with van der Waals surface area (Å²) in [5.74, 6) is 1.86. The molecule has 0 aromatic carbocycles. The van der Waals surface area contributed by atoms with E-state index in [1.165, 1.54) is 44.9 Å². The lowest BCUT2D eigenvalue weighted by Gasteiger charge is -2.21. The van der Waals surface area contributed by atoms with Crippen molar-refractivity contribution in [2.75, 3.05) is 19.0 Å². The average Bonchev–Trinajstić information content (AvgIpc) is 2.19. The summed E-state index contributed by atoms with van der Waals surface area (Å²) in [6, 6.07) is 0. The SMILES string of the molecule is SCCCCOCC1CCCCC1. The Hall–Kier alpha value is 0.310. The van der Waals surface area contributed by atoms with E-state index in [1.807, 2.05) is 0 Å². The molecule has 1 aliphatic rings. The Balaban J connectivity index is 1.86. The quantitative estimate of drug-likeness (QED) is 0.513. The number of ether oxygens (including phenoxy) is 1. The number of hydrogen-bond acceptors (Lipinski definition) is 2. The molecule has 0 atom stereocenters. The molecule has 0 saturated heterocycles. The van der Waals surface area contributed by atoms with Crippen LogP contribution in [0, 0.1) is 5.92 Å². The van der Waals surface area contributed by atoms with E-state index in [2.05, 4.69) is 12.6 Å². The van der Waals surface area contributed by atoms with Gasteiger partial charge in [0.25, 0.3) is 0 Å². The fourth-order valence-electron chi connectivity index (χ4n) is 1.92. The van der Waals surface area contributed by atoms with Crippen molar-refractivity contribution >= 4 is 12.6 Å². The summed E-state index contributed by atoms with van der Waals surface area (Å²) >= 11 is 4.17. The average molecular weight is 202 g/mol. The predicted molar refractivity (Wildman–Crippen MR) is 60.5 cm³/mol. The Morgan fingerprint density at radius 2 is 1.85 bits per heavy atom. The fourth-order valence-corrected chi connectivity index (χ4v) is 2.14. The van der Waals surface area contributed by atoms with Crippen molar-refractivity contribution in [3.8, 4) is 0 Å². The summed E-state index contributed by atoms with van der Waals surface area (Å²) in [4.78, 5) is 0. The van der Waals surface area contributed by atoms with Gasteiger partial charge in [-0.1, -0.05) is 19.3 Å². The molecule has 0 amide bonds. The highest BCUT2D eigenvalue weighted by molar-refractivity contribution is 7.80. The van der Waals surface area contributed by atoms with Crippen LogP contribution in [-0.4, -0.2) is 19.0 Å². The van der Waals surface area contributed by atoms with Crippen molar-refractivity contribution in [3.05, 3.63) is 0 Å². The van der Waals surface area contributed by atoms with Crippen molar-refractivity contribution in [2.24, 2.45) is 5.92 Å². The lowest BCUT2D eigenvalue weighted by molar-refractivity contribution is 0.0835. The lowest BCUT2D eigenvalue weighted by atomic mass is 9.90. The maximum atomic E-state index is 5.64. The van der Waals surface area contributed by atoms with Crippen LogP contribution in [0.5, 0.6) is 0 Å². The van der Waals surface area contributed by atoms with Crippen LogP contribution >= 0.6 is 12.6 Å². The van der Waals surface area contributed by atoms with Crippen LogP contribution in [0.1, 0.15) is 44.9 Å². The summed E-state index contributed by atoms with van der Waals surface area (Å²) in [5, 5.41) is 0. The zero-order valence-corrected chi connectivity index (χ0v) is 9.40. The Morgan fingerprint density at radius 1 is 1.08 bits per heavy atom. The normalized spacial score (nSPS) is 19.2. The first-order valence-corrected chi connectivity index (χ1v) is 6.25. The Morgan fingerprint density at radius 3 is 2.54 bits per heavy atom. The molecule has 0 aliphatic heterocycles. The van der Waals surface area contributed by atoms with Gasteiger partial charge in [0.05, 0.1) is 0 Å². The molecule has 78 valence electrons. The van der Waals surface area contributed by atoms with Crippen LogP contribution in [0.2, 0.25) is 0 Å². The van der Waals surface area contributed by atoms with E-state index in [9.17, 15) is 0 Å². The minimum Gasteiger partial charge on any atom is -0.381 e. The highest BCUT2D eigenvalue weighted by Gasteiger charge is 2.12.